The van der Waals surface area contributed by atoms with Crippen LogP contribution in [-0.4, -0.2) is 45.2 Å². The van der Waals surface area contributed by atoms with Crippen molar-refractivity contribution < 1.29 is 19.0 Å². The van der Waals surface area contributed by atoms with Crippen molar-refractivity contribution >= 4 is 16.7 Å². The summed E-state index contributed by atoms with van der Waals surface area (Å²) in [5.41, 5.74) is 1.95. The summed E-state index contributed by atoms with van der Waals surface area (Å²) in [6.07, 6.45) is 0. The topological polar surface area (TPSA) is 48.0 Å². The summed E-state index contributed by atoms with van der Waals surface area (Å²) < 4.78 is 16.8. The minimum Gasteiger partial charge on any atom is -0.497 e. The van der Waals surface area contributed by atoms with Crippen molar-refractivity contribution in [3.63, 3.8) is 0 Å². The highest BCUT2D eigenvalue weighted by Crippen LogP contribution is 2.40. The molecule has 146 valence electrons. The van der Waals surface area contributed by atoms with Crippen LogP contribution in [-0.2, 0) is 4.79 Å². The van der Waals surface area contributed by atoms with Gasteiger partial charge in [-0.3, -0.25) is 4.79 Å². The average molecular weight is 379 g/mol. The van der Waals surface area contributed by atoms with Crippen LogP contribution in [0.4, 0.5) is 0 Å². The normalized spacial score (nSPS) is 10.6. The maximum absolute atomic E-state index is 12.1. The Morgan fingerprint density at radius 2 is 1.61 bits per heavy atom. The molecule has 5 nitrogen and oxygen atoms in total. The molecule has 5 heteroatoms. The Balaban J connectivity index is 2.05. The number of fused-ring (bicyclic) bond motifs is 1. The van der Waals surface area contributed by atoms with Crippen LogP contribution in [0.5, 0.6) is 17.2 Å². The lowest BCUT2D eigenvalue weighted by Crippen LogP contribution is -2.31. The van der Waals surface area contributed by atoms with Crippen LogP contribution in [0.2, 0.25) is 0 Å². The summed E-state index contributed by atoms with van der Waals surface area (Å²) in [5.74, 6) is 2.15. The van der Waals surface area contributed by atoms with E-state index in [-0.39, 0.29) is 12.5 Å². The molecule has 3 rings (SSSR count). The first kappa shape index (κ1) is 19.5. The molecule has 3 aromatic rings. The standard InChI is InChI=1S/C23H25NO4/c1-5-24(2)23(25)15-28-22-13-11-18(17-8-6-7-9-19(17)22)20-14-16(26-3)10-12-21(20)27-4/h6-14H,5,15H2,1-4H3. The van der Waals surface area contributed by atoms with Gasteiger partial charge in [-0.1, -0.05) is 24.3 Å². The second-order valence-electron chi connectivity index (χ2n) is 6.42. The number of rotatable bonds is 7. The highest BCUT2D eigenvalue weighted by molar-refractivity contribution is 6.01. The number of nitrogens with zero attached hydrogens (tertiary/aromatic N) is 1. The number of amides is 1. The van der Waals surface area contributed by atoms with E-state index in [0.717, 1.165) is 33.4 Å². The molecule has 1 amide bonds. The summed E-state index contributed by atoms with van der Waals surface area (Å²) in [6, 6.07) is 17.6. The molecule has 28 heavy (non-hydrogen) atoms. The lowest BCUT2D eigenvalue weighted by molar-refractivity contribution is -0.131. The molecule has 0 heterocycles. The van der Waals surface area contributed by atoms with E-state index in [1.54, 1.807) is 26.2 Å². The fraction of sp³-hybridized carbons (Fsp3) is 0.261. The second kappa shape index (κ2) is 8.65. The minimum absolute atomic E-state index is 0.0101. The van der Waals surface area contributed by atoms with E-state index in [4.69, 9.17) is 14.2 Å². The molecule has 0 aliphatic carbocycles. The van der Waals surface area contributed by atoms with Crippen molar-refractivity contribution in [2.24, 2.45) is 0 Å². The molecule has 0 saturated carbocycles. The zero-order valence-electron chi connectivity index (χ0n) is 16.7. The predicted molar refractivity (Wildman–Crippen MR) is 111 cm³/mol. The van der Waals surface area contributed by atoms with Gasteiger partial charge in [-0.25, -0.2) is 0 Å². The van der Waals surface area contributed by atoms with Crippen molar-refractivity contribution in [1.82, 2.24) is 4.90 Å². The molecular weight excluding hydrogens is 354 g/mol. The van der Waals surface area contributed by atoms with Crippen molar-refractivity contribution in [3.05, 3.63) is 54.6 Å². The molecule has 0 fully saturated rings. The van der Waals surface area contributed by atoms with Crippen LogP contribution >= 0.6 is 0 Å². The quantitative estimate of drug-likeness (QED) is 0.611. The Hall–Kier alpha value is -3.21. The van der Waals surface area contributed by atoms with Gasteiger partial charge < -0.3 is 19.1 Å². The minimum atomic E-state index is -0.0508. The molecule has 0 spiro atoms. The summed E-state index contributed by atoms with van der Waals surface area (Å²) in [6.45, 7) is 2.59. The fourth-order valence-electron chi connectivity index (χ4n) is 3.08. The third kappa shape index (κ3) is 3.88. The third-order valence-corrected chi connectivity index (χ3v) is 4.83. The third-order valence-electron chi connectivity index (χ3n) is 4.83. The molecule has 3 aromatic carbocycles. The monoisotopic (exact) mass is 379 g/mol. The van der Waals surface area contributed by atoms with Gasteiger partial charge in [0, 0.05) is 24.5 Å². The van der Waals surface area contributed by atoms with E-state index in [1.165, 1.54) is 0 Å². The van der Waals surface area contributed by atoms with Gasteiger partial charge >= 0.3 is 0 Å². The van der Waals surface area contributed by atoms with Crippen LogP contribution in [0.3, 0.4) is 0 Å². The predicted octanol–water partition coefficient (Wildman–Crippen LogP) is 4.38. The van der Waals surface area contributed by atoms with Gasteiger partial charge in [0.25, 0.3) is 5.91 Å². The van der Waals surface area contributed by atoms with Crippen LogP contribution < -0.4 is 14.2 Å². The SMILES string of the molecule is CCN(C)C(=O)COc1ccc(-c2cc(OC)ccc2OC)c2ccccc12. The van der Waals surface area contributed by atoms with E-state index in [9.17, 15) is 4.79 Å². The van der Waals surface area contributed by atoms with Gasteiger partial charge in [0.1, 0.15) is 17.2 Å². The van der Waals surface area contributed by atoms with Crippen LogP contribution in [0, 0.1) is 0 Å². The molecule has 0 aliphatic heterocycles. The number of carbonyl (C=O) groups is 1. The first-order chi connectivity index (χ1) is 13.6. The molecule has 0 unspecified atom stereocenters. The average Bonchev–Trinajstić information content (AvgIpc) is 2.76. The van der Waals surface area contributed by atoms with E-state index < -0.39 is 0 Å². The van der Waals surface area contributed by atoms with Crippen molar-refractivity contribution in [2.75, 3.05) is 34.4 Å². The van der Waals surface area contributed by atoms with Crippen LogP contribution in [0.1, 0.15) is 6.92 Å². The summed E-state index contributed by atoms with van der Waals surface area (Å²) in [4.78, 5) is 13.7. The summed E-state index contributed by atoms with van der Waals surface area (Å²) in [7, 11) is 5.06. The molecule has 0 bridgehead atoms. The first-order valence-corrected chi connectivity index (χ1v) is 9.20. The van der Waals surface area contributed by atoms with Crippen molar-refractivity contribution in [2.45, 2.75) is 6.92 Å². The molecule has 0 aromatic heterocycles. The van der Waals surface area contributed by atoms with Gasteiger partial charge in [0.15, 0.2) is 6.61 Å². The number of carbonyl (C=O) groups excluding carboxylic acids is 1. The number of benzene rings is 3. The molecule has 0 saturated heterocycles. The van der Waals surface area contributed by atoms with Gasteiger partial charge in [0.05, 0.1) is 14.2 Å². The summed E-state index contributed by atoms with van der Waals surface area (Å²) >= 11 is 0. The van der Waals surface area contributed by atoms with Gasteiger partial charge in [-0.2, -0.15) is 0 Å². The number of methoxy groups -OCH3 is 2. The largest absolute Gasteiger partial charge is 0.497 e. The first-order valence-electron chi connectivity index (χ1n) is 9.20. The van der Waals surface area contributed by atoms with E-state index in [0.29, 0.717) is 12.3 Å². The molecular formula is C23H25NO4. The second-order valence-corrected chi connectivity index (χ2v) is 6.42. The van der Waals surface area contributed by atoms with Crippen molar-refractivity contribution in [1.29, 1.82) is 0 Å². The number of hydrogen-bond donors (Lipinski definition) is 0. The number of ether oxygens (including phenoxy) is 3. The van der Waals surface area contributed by atoms with E-state index >= 15 is 0 Å². The molecule has 0 aliphatic rings. The molecule has 0 N–H and O–H groups in total. The van der Waals surface area contributed by atoms with Crippen molar-refractivity contribution in [3.8, 4) is 28.4 Å². The highest BCUT2D eigenvalue weighted by Gasteiger charge is 2.15. The van der Waals surface area contributed by atoms with E-state index in [2.05, 4.69) is 0 Å². The van der Waals surface area contributed by atoms with Crippen LogP contribution in [0.25, 0.3) is 21.9 Å². The van der Waals surface area contributed by atoms with Gasteiger partial charge in [-0.05, 0) is 48.2 Å². The smallest absolute Gasteiger partial charge is 0.260 e. The zero-order valence-corrected chi connectivity index (χ0v) is 16.7. The Labute approximate surface area is 165 Å². The Kier molecular flexibility index (Phi) is 6.04. The fourth-order valence-corrected chi connectivity index (χ4v) is 3.08. The molecule has 0 radical (unpaired) electrons. The Bertz CT molecular complexity index is 983. The summed E-state index contributed by atoms with van der Waals surface area (Å²) in [5, 5.41) is 1.96. The number of likely N-dealkylation sites (N-methyl/N-ethyl adjacent to an activating group) is 1. The zero-order chi connectivity index (χ0) is 20.1. The lowest BCUT2D eigenvalue weighted by atomic mass is 9.96. The molecule has 0 atom stereocenters. The Morgan fingerprint density at radius 1 is 0.893 bits per heavy atom. The Morgan fingerprint density at radius 3 is 2.29 bits per heavy atom. The maximum atomic E-state index is 12.1. The van der Waals surface area contributed by atoms with E-state index in [1.807, 2.05) is 61.5 Å². The number of hydrogen-bond acceptors (Lipinski definition) is 4. The van der Waals surface area contributed by atoms with Gasteiger partial charge in [0.2, 0.25) is 0 Å². The highest BCUT2D eigenvalue weighted by atomic mass is 16.5. The van der Waals surface area contributed by atoms with Crippen LogP contribution in [0.15, 0.2) is 54.6 Å². The van der Waals surface area contributed by atoms with Gasteiger partial charge in [-0.15, -0.1) is 0 Å². The lowest BCUT2D eigenvalue weighted by Gasteiger charge is -2.17. The maximum Gasteiger partial charge on any atom is 0.260 e.